The van der Waals surface area contributed by atoms with Gasteiger partial charge in [-0.3, -0.25) is 20.5 Å². The van der Waals surface area contributed by atoms with Gasteiger partial charge in [-0.2, -0.15) is 0 Å². The Hall–Kier alpha value is -1.42. The molecule has 0 radical (unpaired) electrons. The summed E-state index contributed by atoms with van der Waals surface area (Å²) in [7, 11) is 0. The minimum atomic E-state index is -0.274. The zero-order valence-electron chi connectivity index (χ0n) is 13.7. The number of anilines is 2. The third-order valence-corrected chi connectivity index (χ3v) is 6.06. The van der Waals surface area contributed by atoms with Gasteiger partial charge in [0.05, 0.1) is 18.9 Å². The number of hydrogen-bond donors (Lipinski definition) is 3. The molecule has 26 heavy (non-hydrogen) atoms. The minimum absolute atomic E-state index is 0.0411. The molecule has 1 atom stereocenters. The van der Waals surface area contributed by atoms with Gasteiger partial charge >= 0.3 is 0 Å². The van der Waals surface area contributed by atoms with Crippen molar-refractivity contribution in [1.29, 1.82) is 0 Å². The number of amides is 1. The van der Waals surface area contributed by atoms with Crippen LogP contribution in [-0.4, -0.2) is 34.6 Å². The smallest absolute Gasteiger partial charge is 0.252 e. The van der Waals surface area contributed by atoms with Gasteiger partial charge in [0.1, 0.15) is 10.5 Å². The molecule has 1 aliphatic rings. The van der Waals surface area contributed by atoms with Crippen LogP contribution in [0.3, 0.4) is 0 Å². The second-order valence-electron chi connectivity index (χ2n) is 5.72. The molecular formula is C17H18BrFN4OS2. The molecule has 1 amide bonds. The first kappa shape index (κ1) is 19.3. The Bertz CT molecular complexity index is 747. The summed E-state index contributed by atoms with van der Waals surface area (Å²) in [6, 6.07) is 13.8. The highest BCUT2D eigenvalue weighted by Crippen LogP contribution is 2.30. The summed E-state index contributed by atoms with van der Waals surface area (Å²) >= 11 is 9.55. The van der Waals surface area contributed by atoms with Gasteiger partial charge in [-0.05, 0) is 48.5 Å². The fourth-order valence-electron chi connectivity index (χ4n) is 2.44. The molecule has 5 nitrogen and oxygen atoms in total. The quantitative estimate of drug-likeness (QED) is 0.472. The fourth-order valence-corrected chi connectivity index (χ4v) is 4.00. The minimum Gasteiger partial charge on any atom is -0.338 e. The number of thiol groups is 1. The van der Waals surface area contributed by atoms with Crippen molar-refractivity contribution in [3.8, 4) is 0 Å². The van der Waals surface area contributed by atoms with E-state index in [4.69, 9.17) is 0 Å². The molecular weight excluding hydrogens is 439 g/mol. The lowest BCUT2D eigenvalue weighted by Gasteiger charge is -2.40. The molecule has 2 aromatic rings. The van der Waals surface area contributed by atoms with Crippen LogP contribution in [-0.2, 0) is 4.79 Å². The molecule has 0 aliphatic carbocycles. The second kappa shape index (κ2) is 8.98. The molecule has 1 aliphatic heterocycles. The summed E-state index contributed by atoms with van der Waals surface area (Å²) in [5.41, 5.74) is 7.27. The number of hydrazine groups is 1. The fraction of sp³-hybridized carbons (Fsp3) is 0.235. The van der Waals surface area contributed by atoms with Crippen molar-refractivity contribution in [2.45, 2.75) is 4.71 Å². The van der Waals surface area contributed by atoms with Crippen LogP contribution in [0.5, 0.6) is 0 Å². The van der Waals surface area contributed by atoms with E-state index in [0.29, 0.717) is 12.5 Å². The number of nitrogens with one attached hydrogen (secondary N) is 2. The van der Waals surface area contributed by atoms with Crippen LogP contribution in [0.2, 0.25) is 0 Å². The van der Waals surface area contributed by atoms with E-state index in [1.165, 1.54) is 12.1 Å². The van der Waals surface area contributed by atoms with Gasteiger partial charge < -0.3 is 4.90 Å². The zero-order valence-corrected chi connectivity index (χ0v) is 17.0. The van der Waals surface area contributed by atoms with Gasteiger partial charge in [-0.15, -0.1) is 24.4 Å². The van der Waals surface area contributed by atoms with Gasteiger partial charge in [0, 0.05) is 16.0 Å². The van der Waals surface area contributed by atoms with E-state index in [0.717, 1.165) is 15.8 Å². The first-order valence-corrected chi connectivity index (χ1v) is 10.2. The van der Waals surface area contributed by atoms with E-state index in [2.05, 4.69) is 39.4 Å². The van der Waals surface area contributed by atoms with Crippen molar-refractivity contribution in [2.24, 2.45) is 0 Å². The van der Waals surface area contributed by atoms with E-state index in [9.17, 15) is 9.18 Å². The molecule has 2 aromatic carbocycles. The lowest BCUT2D eigenvalue weighted by atomic mass is 10.3. The summed E-state index contributed by atoms with van der Waals surface area (Å²) in [5.74, 6) is 0.284. The van der Waals surface area contributed by atoms with Crippen molar-refractivity contribution < 1.29 is 9.18 Å². The number of hydrogen-bond acceptors (Lipinski definition) is 6. The average molecular weight is 457 g/mol. The highest BCUT2D eigenvalue weighted by atomic mass is 79.9. The molecule has 1 unspecified atom stereocenters. The van der Waals surface area contributed by atoms with Gasteiger partial charge in [0.15, 0.2) is 0 Å². The lowest BCUT2D eigenvalue weighted by molar-refractivity contribution is -0.121. The SMILES string of the molecule is O=C(CN1CSC(S)N(c2ccc(F)cc2)C1)NNc1ccc(Br)cc1. The topological polar surface area (TPSA) is 47.6 Å². The maximum Gasteiger partial charge on any atom is 0.252 e. The molecule has 138 valence electrons. The zero-order chi connectivity index (χ0) is 18.5. The monoisotopic (exact) mass is 456 g/mol. The van der Waals surface area contributed by atoms with E-state index in [1.807, 2.05) is 34.1 Å². The Kier molecular flexibility index (Phi) is 6.68. The van der Waals surface area contributed by atoms with Crippen LogP contribution in [0.4, 0.5) is 15.8 Å². The highest BCUT2D eigenvalue weighted by molar-refractivity contribution is 9.10. The maximum atomic E-state index is 13.1. The molecule has 1 fully saturated rings. The van der Waals surface area contributed by atoms with Gasteiger partial charge in [0.2, 0.25) is 0 Å². The van der Waals surface area contributed by atoms with Crippen molar-refractivity contribution in [3.05, 3.63) is 58.8 Å². The number of nitrogens with zero attached hydrogens (tertiary/aromatic N) is 2. The summed E-state index contributed by atoms with van der Waals surface area (Å²) in [6.45, 7) is 0.785. The van der Waals surface area contributed by atoms with E-state index in [-0.39, 0.29) is 23.0 Å². The van der Waals surface area contributed by atoms with Crippen molar-refractivity contribution >= 4 is 57.6 Å². The van der Waals surface area contributed by atoms with Gasteiger partial charge in [0.25, 0.3) is 5.91 Å². The summed E-state index contributed by atoms with van der Waals surface area (Å²) < 4.78 is 14.1. The molecule has 0 saturated carbocycles. The number of benzene rings is 2. The van der Waals surface area contributed by atoms with Crippen LogP contribution in [0, 0.1) is 5.82 Å². The molecule has 9 heteroatoms. The summed E-state index contributed by atoms with van der Waals surface area (Å²) in [6.07, 6.45) is 0. The van der Waals surface area contributed by atoms with E-state index in [1.54, 1.807) is 23.9 Å². The summed E-state index contributed by atoms with van der Waals surface area (Å²) in [5, 5.41) is 0. The normalized spacial score (nSPS) is 17.8. The predicted molar refractivity (Wildman–Crippen MR) is 112 cm³/mol. The Balaban J connectivity index is 1.53. The number of carbonyl (C=O) groups is 1. The Labute approximate surface area is 169 Å². The predicted octanol–water partition coefficient (Wildman–Crippen LogP) is 3.72. The standard InChI is InChI=1S/C17H18BrFN4OS2/c18-12-1-5-14(6-2-12)20-21-16(24)9-22-10-23(17(25)26-11-22)15-7-3-13(19)4-8-15/h1-8,17,20,25H,9-11H2,(H,21,24). The molecule has 2 N–H and O–H groups in total. The van der Waals surface area contributed by atoms with Crippen LogP contribution in [0.15, 0.2) is 53.0 Å². The van der Waals surface area contributed by atoms with E-state index < -0.39 is 0 Å². The Morgan fingerprint density at radius 1 is 1.23 bits per heavy atom. The van der Waals surface area contributed by atoms with Crippen LogP contribution in [0.1, 0.15) is 0 Å². The molecule has 1 saturated heterocycles. The molecule has 1 heterocycles. The number of halogens is 2. The highest BCUT2D eigenvalue weighted by Gasteiger charge is 2.26. The third kappa shape index (κ3) is 5.29. The van der Waals surface area contributed by atoms with Crippen LogP contribution in [0.25, 0.3) is 0 Å². The largest absolute Gasteiger partial charge is 0.338 e. The Morgan fingerprint density at radius 3 is 2.62 bits per heavy atom. The third-order valence-electron chi connectivity index (χ3n) is 3.74. The molecule has 3 rings (SSSR count). The number of rotatable bonds is 5. The van der Waals surface area contributed by atoms with Crippen molar-refractivity contribution in [3.63, 3.8) is 0 Å². The summed E-state index contributed by atoms with van der Waals surface area (Å²) in [4.78, 5) is 16.2. The maximum absolute atomic E-state index is 13.1. The molecule has 0 bridgehead atoms. The lowest BCUT2D eigenvalue weighted by Crippen LogP contribution is -2.49. The number of carbonyl (C=O) groups excluding carboxylic acids is 1. The first-order valence-electron chi connectivity index (χ1n) is 7.86. The first-order chi connectivity index (χ1) is 12.5. The Morgan fingerprint density at radius 2 is 1.92 bits per heavy atom. The van der Waals surface area contributed by atoms with Crippen LogP contribution >= 0.6 is 40.3 Å². The average Bonchev–Trinajstić information content (AvgIpc) is 2.64. The molecule has 0 spiro atoms. The van der Waals surface area contributed by atoms with Gasteiger partial charge in [-0.1, -0.05) is 15.9 Å². The van der Waals surface area contributed by atoms with E-state index >= 15 is 0 Å². The van der Waals surface area contributed by atoms with Crippen LogP contribution < -0.4 is 15.8 Å². The second-order valence-corrected chi connectivity index (χ2v) is 8.51. The van der Waals surface area contributed by atoms with Crippen molar-refractivity contribution in [1.82, 2.24) is 10.3 Å². The van der Waals surface area contributed by atoms with Crippen molar-refractivity contribution in [2.75, 3.05) is 29.4 Å². The number of thioether (sulfide) groups is 1. The molecule has 0 aromatic heterocycles. The van der Waals surface area contributed by atoms with Gasteiger partial charge in [-0.25, -0.2) is 4.39 Å².